The lowest BCUT2D eigenvalue weighted by atomic mass is 10.1. The quantitative estimate of drug-likeness (QED) is 0.557. The number of benzene rings is 2. The summed E-state index contributed by atoms with van der Waals surface area (Å²) < 4.78 is 41.9. The van der Waals surface area contributed by atoms with E-state index in [1.54, 1.807) is 12.1 Å². The minimum Gasteiger partial charge on any atom is -0.497 e. The Morgan fingerprint density at radius 3 is 2.47 bits per heavy atom. The molecule has 1 fully saturated rings. The number of sulfone groups is 1. The number of hydrogen-bond acceptors (Lipinski definition) is 10. The molecule has 3 heterocycles. The maximum atomic E-state index is 13.0. The molecule has 0 aliphatic carbocycles. The number of nitrogen functional groups attached to an aromatic ring is 1. The third-order valence-electron chi connectivity index (χ3n) is 5.93. The van der Waals surface area contributed by atoms with Crippen molar-refractivity contribution in [3.05, 3.63) is 54.2 Å². The van der Waals surface area contributed by atoms with Crippen LogP contribution in [0.15, 0.2) is 58.5 Å². The fourth-order valence-corrected chi connectivity index (χ4v) is 5.28. The van der Waals surface area contributed by atoms with Gasteiger partial charge >= 0.3 is 0 Å². The van der Waals surface area contributed by atoms with Crippen LogP contribution in [0.25, 0.3) is 0 Å². The van der Waals surface area contributed by atoms with E-state index in [-0.39, 0.29) is 22.4 Å². The summed E-state index contributed by atoms with van der Waals surface area (Å²) >= 11 is 0. The molecule has 0 amide bonds. The first-order valence-corrected chi connectivity index (χ1v) is 12.3. The van der Waals surface area contributed by atoms with Crippen LogP contribution in [0.5, 0.6) is 17.2 Å². The van der Waals surface area contributed by atoms with E-state index in [0.29, 0.717) is 24.8 Å². The molecule has 2 aliphatic heterocycles. The topological polar surface area (TPSA) is 120 Å². The molecule has 3 aromatic rings. The molecule has 2 aliphatic rings. The van der Waals surface area contributed by atoms with Gasteiger partial charge in [-0.1, -0.05) is 6.07 Å². The number of ether oxygens (including phenoxy) is 3. The maximum absolute atomic E-state index is 13.0. The third-order valence-corrected chi connectivity index (χ3v) is 7.71. The van der Waals surface area contributed by atoms with Crippen LogP contribution in [0.2, 0.25) is 0 Å². The molecule has 2 aromatic carbocycles. The highest BCUT2D eigenvalue weighted by Gasteiger charge is 2.25. The first-order chi connectivity index (χ1) is 16.4. The Morgan fingerprint density at radius 1 is 1.03 bits per heavy atom. The van der Waals surface area contributed by atoms with Crippen molar-refractivity contribution in [3.8, 4) is 17.2 Å². The summed E-state index contributed by atoms with van der Waals surface area (Å²) in [5.41, 5.74) is 7.23. The lowest BCUT2D eigenvalue weighted by molar-refractivity contribution is 0.174. The largest absolute Gasteiger partial charge is 0.497 e. The minimum atomic E-state index is -3.84. The van der Waals surface area contributed by atoms with Gasteiger partial charge in [0, 0.05) is 32.7 Å². The van der Waals surface area contributed by atoms with E-state index < -0.39 is 9.84 Å². The van der Waals surface area contributed by atoms with Crippen molar-refractivity contribution in [2.45, 2.75) is 16.3 Å². The Labute approximate surface area is 197 Å². The number of piperazine rings is 1. The van der Waals surface area contributed by atoms with Crippen LogP contribution in [0.3, 0.4) is 0 Å². The molecule has 11 heteroatoms. The van der Waals surface area contributed by atoms with E-state index in [4.69, 9.17) is 19.9 Å². The Morgan fingerprint density at radius 2 is 1.76 bits per heavy atom. The molecule has 0 radical (unpaired) electrons. The predicted octanol–water partition coefficient (Wildman–Crippen LogP) is 1.95. The Balaban J connectivity index is 1.24. The van der Waals surface area contributed by atoms with Gasteiger partial charge in [0.2, 0.25) is 22.6 Å². The molecule has 0 saturated carbocycles. The highest BCUT2D eigenvalue weighted by molar-refractivity contribution is 7.91. The SMILES string of the molecule is COc1ccc(S(=O)(=O)c2cnc(N3CCN(Cc4ccc5c(c4)OCO5)CC3)nc2N)cc1. The van der Waals surface area contributed by atoms with Crippen LogP contribution in [-0.2, 0) is 16.4 Å². The number of anilines is 2. The van der Waals surface area contributed by atoms with Gasteiger partial charge in [0.25, 0.3) is 0 Å². The average Bonchev–Trinajstić information content (AvgIpc) is 3.32. The summed E-state index contributed by atoms with van der Waals surface area (Å²) in [6, 6.07) is 12.1. The van der Waals surface area contributed by atoms with Crippen LogP contribution in [-0.4, -0.2) is 63.4 Å². The zero-order valence-electron chi connectivity index (χ0n) is 18.7. The van der Waals surface area contributed by atoms with E-state index in [2.05, 4.69) is 14.9 Å². The number of nitrogens with zero attached hydrogens (tertiary/aromatic N) is 4. The minimum absolute atomic E-state index is 0.0661. The summed E-state index contributed by atoms with van der Waals surface area (Å²) in [4.78, 5) is 13.0. The van der Waals surface area contributed by atoms with E-state index >= 15 is 0 Å². The Hall–Kier alpha value is -3.57. The lowest BCUT2D eigenvalue weighted by Gasteiger charge is -2.34. The summed E-state index contributed by atoms with van der Waals surface area (Å²) in [6.07, 6.45) is 1.29. The number of fused-ring (bicyclic) bond motifs is 1. The zero-order valence-corrected chi connectivity index (χ0v) is 19.5. The molecule has 0 bridgehead atoms. The molecule has 34 heavy (non-hydrogen) atoms. The molecular formula is C23H25N5O5S. The lowest BCUT2D eigenvalue weighted by Crippen LogP contribution is -2.46. The number of aromatic nitrogens is 2. The van der Waals surface area contributed by atoms with E-state index in [0.717, 1.165) is 36.7 Å². The normalized spacial score (nSPS) is 16.0. The van der Waals surface area contributed by atoms with Gasteiger partial charge in [0.1, 0.15) is 16.5 Å². The third kappa shape index (κ3) is 4.31. The van der Waals surface area contributed by atoms with Gasteiger partial charge in [0.05, 0.1) is 18.2 Å². The fourth-order valence-electron chi connectivity index (χ4n) is 4.02. The summed E-state index contributed by atoms with van der Waals surface area (Å²) in [5.74, 6) is 2.49. The fraction of sp³-hybridized carbons (Fsp3) is 0.304. The van der Waals surface area contributed by atoms with Gasteiger partial charge in [-0.15, -0.1) is 0 Å². The van der Waals surface area contributed by atoms with E-state index in [1.807, 2.05) is 23.1 Å². The van der Waals surface area contributed by atoms with Crippen LogP contribution in [0.1, 0.15) is 5.56 Å². The van der Waals surface area contributed by atoms with Gasteiger partial charge < -0.3 is 24.8 Å². The molecule has 2 N–H and O–H groups in total. The molecule has 178 valence electrons. The van der Waals surface area contributed by atoms with Crippen molar-refractivity contribution >= 4 is 21.6 Å². The molecule has 5 rings (SSSR count). The number of methoxy groups -OCH3 is 1. The van der Waals surface area contributed by atoms with Gasteiger partial charge in [0.15, 0.2) is 11.5 Å². The van der Waals surface area contributed by atoms with E-state index in [1.165, 1.54) is 25.4 Å². The molecule has 1 aromatic heterocycles. The second-order valence-electron chi connectivity index (χ2n) is 8.05. The van der Waals surface area contributed by atoms with Crippen molar-refractivity contribution in [1.82, 2.24) is 14.9 Å². The van der Waals surface area contributed by atoms with Crippen molar-refractivity contribution in [3.63, 3.8) is 0 Å². The van der Waals surface area contributed by atoms with Gasteiger partial charge in [-0.2, -0.15) is 4.98 Å². The van der Waals surface area contributed by atoms with Crippen molar-refractivity contribution in [1.29, 1.82) is 0 Å². The van der Waals surface area contributed by atoms with E-state index in [9.17, 15) is 8.42 Å². The van der Waals surface area contributed by atoms with Crippen LogP contribution < -0.4 is 24.8 Å². The molecule has 0 spiro atoms. The monoisotopic (exact) mass is 483 g/mol. The predicted molar refractivity (Wildman–Crippen MR) is 125 cm³/mol. The van der Waals surface area contributed by atoms with Crippen LogP contribution in [0.4, 0.5) is 11.8 Å². The highest BCUT2D eigenvalue weighted by atomic mass is 32.2. The zero-order chi connectivity index (χ0) is 23.7. The molecule has 10 nitrogen and oxygen atoms in total. The Kier molecular flexibility index (Phi) is 5.88. The standard InChI is InChI=1S/C23H25N5O5S/c1-31-17-3-5-18(6-4-17)34(29,30)21-13-25-23(26-22(21)24)28-10-8-27(9-11-28)14-16-2-7-19-20(12-16)33-15-32-19/h2-7,12-13H,8-11,14-15H2,1H3,(H2,24,25,26). The van der Waals surface area contributed by atoms with Crippen molar-refractivity contribution in [2.24, 2.45) is 0 Å². The van der Waals surface area contributed by atoms with Gasteiger partial charge in [-0.05, 0) is 42.0 Å². The number of rotatable bonds is 6. The van der Waals surface area contributed by atoms with Crippen molar-refractivity contribution < 1.29 is 22.6 Å². The number of hydrogen-bond donors (Lipinski definition) is 1. The Bertz CT molecular complexity index is 1290. The van der Waals surface area contributed by atoms with Crippen LogP contribution >= 0.6 is 0 Å². The van der Waals surface area contributed by atoms with Crippen LogP contribution in [0, 0.1) is 0 Å². The van der Waals surface area contributed by atoms with Gasteiger partial charge in [-0.25, -0.2) is 13.4 Å². The van der Waals surface area contributed by atoms with Gasteiger partial charge in [-0.3, -0.25) is 4.90 Å². The molecular weight excluding hydrogens is 458 g/mol. The maximum Gasteiger partial charge on any atom is 0.231 e. The highest BCUT2D eigenvalue weighted by Crippen LogP contribution is 2.33. The molecule has 0 atom stereocenters. The average molecular weight is 484 g/mol. The first kappa shape index (κ1) is 22.2. The second kappa shape index (κ2) is 8.99. The first-order valence-electron chi connectivity index (χ1n) is 10.8. The number of nitrogens with two attached hydrogens (primary N) is 1. The second-order valence-corrected chi connectivity index (χ2v) is 9.97. The molecule has 0 unspecified atom stereocenters. The molecule has 1 saturated heterocycles. The summed E-state index contributed by atoms with van der Waals surface area (Å²) in [6.45, 7) is 4.09. The summed E-state index contributed by atoms with van der Waals surface area (Å²) in [5, 5.41) is 0. The smallest absolute Gasteiger partial charge is 0.231 e. The van der Waals surface area contributed by atoms with Crippen molar-refractivity contribution in [2.75, 3.05) is 50.7 Å². The summed E-state index contributed by atoms with van der Waals surface area (Å²) in [7, 11) is -2.32.